The van der Waals surface area contributed by atoms with Crippen molar-refractivity contribution in [1.29, 1.82) is 0 Å². The van der Waals surface area contributed by atoms with Gasteiger partial charge in [-0.05, 0) is 54.9 Å². The number of nitrogens with zero attached hydrogens (tertiary/aromatic N) is 2. The quantitative estimate of drug-likeness (QED) is 0.661. The van der Waals surface area contributed by atoms with Gasteiger partial charge in [-0.1, -0.05) is 36.4 Å². The number of amides is 2. The number of fused-ring (bicyclic) bond motifs is 1. The molecule has 0 bridgehead atoms. The van der Waals surface area contributed by atoms with Gasteiger partial charge in [0, 0.05) is 44.9 Å². The summed E-state index contributed by atoms with van der Waals surface area (Å²) in [6.45, 7) is 7.24. The van der Waals surface area contributed by atoms with Crippen molar-refractivity contribution in [3.8, 4) is 0 Å². The first kappa shape index (κ1) is 23.9. The fraction of sp³-hybridized carbons (Fsp3) is 0.500. The monoisotopic (exact) mass is 479 g/mol. The van der Waals surface area contributed by atoms with Gasteiger partial charge in [-0.25, -0.2) is 4.39 Å². The van der Waals surface area contributed by atoms with Gasteiger partial charge in [0.15, 0.2) is 0 Å². The number of ether oxygens (including phenoxy) is 1. The van der Waals surface area contributed by atoms with Crippen molar-refractivity contribution in [2.45, 2.75) is 25.8 Å². The maximum Gasteiger partial charge on any atom is 0.254 e. The largest absolute Gasteiger partial charge is 0.381 e. The van der Waals surface area contributed by atoms with Crippen LogP contribution in [0.4, 0.5) is 4.39 Å². The minimum atomic E-state index is -0.370. The zero-order chi connectivity index (χ0) is 24.4. The van der Waals surface area contributed by atoms with Crippen LogP contribution in [0.5, 0.6) is 0 Å². The minimum absolute atomic E-state index is 0.0289. The van der Waals surface area contributed by atoms with E-state index in [1.807, 2.05) is 30.0 Å². The Balaban J connectivity index is 1.16. The van der Waals surface area contributed by atoms with Crippen LogP contribution < -0.4 is 5.32 Å². The van der Waals surface area contributed by atoms with E-state index in [4.69, 9.17) is 4.74 Å². The molecule has 3 aliphatic heterocycles. The summed E-state index contributed by atoms with van der Waals surface area (Å²) in [4.78, 5) is 30.2. The number of aryl methyl sites for hydroxylation is 1. The molecule has 3 aliphatic rings. The number of hydrogen-bond donors (Lipinski definition) is 1. The smallest absolute Gasteiger partial charge is 0.254 e. The molecule has 0 aliphatic carbocycles. The third kappa shape index (κ3) is 5.41. The summed E-state index contributed by atoms with van der Waals surface area (Å²) in [5.41, 5.74) is 2.41. The summed E-state index contributed by atoms with van der Waals surface area (Å²) in [6, 6.07) is 14.6. The summed E-state index contributed by atoms with van der Waals surface area (Å²) in [5.74, 6) is 0.464. The lowest BCUT2D eigenvalue weighted by molar-refractivity contribution is -0.125. The maximum atomic E-state index is 13.7. The zero-order valence-electron chi connectivity index (χ0n) is 20.3. The lowest BCUT2D eigenvalue weighted by Gasteiger charge is -2.25. The van der Waals surface area contributed by atoms with Crippen molar-refractivity contribution < 1.29 is 18.7 Å². The SMILES string of the molecule is Cc1ccc(F)cc1C(=O)N1CC2CN(CC[C@H](NC(=O)C3CCOC3)c3ccccc3)CC2C1. The number of benzene rings is 2. The number of halogens is 1. The molecule has 186 valence electrons. The Morgan fingerprint density at radius 3 is 2.51 bits per heavy atom. The fourth-order valence-electron chi connectivity index (χ4n) is 5.78. The molecule has 6 nitrogen and oxygen atoms in total. The number of hydrogen-bond acceptors (Lipinski definition) is 4. The Morgan fingerprint density at radius 2 is 1.83 bits per heavy atom. The molecular weight excluding hydrogens is 445 g/mol. The van der Waals surface area contributed by atoms with Crippen LogP contribution in [0.1, 0.15) is 40.4 Å². The van der Waals surface area contributed by atoms with Crippen LogP contribution in [0.3, 0.4) is 0 Å². The zero-order valence-corrected chi connectivity index (χ0v) is 20.3. The highest BCUT2D eigenvalue weighted by Gasteiger charge is 2.42. The van der Waals surface area contributed by atoms with Gasteiger partial charge < -0.3 is 19.9 Å². The molecule has 1 N–H and O–H groups in total. The lowest BCUT2D eigenvalue weighted by atomic mass is 10.0. The van der Waals surface area contributed by atoms with Crippen molar-refractivity contribution in [2.75, 3.05) is 45.9 Å². The summed E-state index contributed by atoms with van der Waals surface area (Å²) in [6.07, 6.45) is 1.63. The minimum Gasteiger partial charge on any atom is -0.381 e. The predicted molar refractivity (Wildman–Crippen MR) is 131 cm³/mol. The molecule has 2 amide bonds. The Morgan fingerprint density at radius 1 is 1.09 bits per heavy atom. The van der Waals surface area contributed by atoms with Gasteiger partial charge in [0.1, 0.15) is 5.82 Å². The molecule has 35 heavy (non-hydrogen) atoms. The Bertz CT molecular complexity index is 1040. The molecule has 3 unspecified atom stereocenters. The van der Waals surface area contributed by atoms with Crippen LogP contribution in [-0.4, -0.2) is 67.6 Å². The van der Waals surface area contributed by atoms with Crippen LogP contribution in [0, 0.1) is 30.5 Å². The van der Waals surface area contributed by atoms with E-state index in [1.54, 1.807) is 6.07 Å². The normalized spacial score (nSPS) is 25.0. The van der Waals surface area contributed by atoms with E-state index in [2.05, 4.69) is 22.3 Å². The third-order valence-electron chi connectivity index (χ3n) is 7.83. The Labute approximate surface area is 206 Å². The number of nitrogens with one attached hydrogen (secondary N) is 1. The highest BCUT2D eigenvalue weighted by molar-refractivity contribution is 5.95. The predicted octanol–water partition coefficient (Wildman–Crippen LogP) is 3.42. The molecule has 3 heterocycles. The molecule has 3 fully saturated rings. The summed E-state index contributed by atoms with van der Waals surface area (Å²) in [5, 5.41) is 3.27. The second-order valence-electron chi connectivity index (χ2n) is 10.3. The molecule has 7 heteroatoms. The second-order valence-corrected chi connectivity index (χ2v) is 10.3. The maximum absolute atomic E-state index is 13.7. The van der Waals surface area contributed by atoms with Gasteiger partial charge in [-0.15, -0.1) is 0 Å². The molecule has 2 aromatic carbocycles. The van der Waals surface area contributed by atoms with Gasteiger partial charge in [0.05, 0.1) is 18.6 Å². The first-order valence-electron chi connectivity index (χ1n) is 12.7. The highest BCUT2D eigenvalue weighted by atomic mass is 19.1. The Kier molecular flexibility index (Phi) is 7.16. The van der Waals surface area contributed by atoms with E-state index in [1.165, 1.54) is 12.1 Å². The van der Waals surface area contributed by atoms with Crippen LogP contribution in [0.25, 0.3) is 0 Å². The number of carbonyl (C=O) groups is 2. The first-order valence-corrected chi connectivity index (χ1v) is 12.7. The number of rotatable bonds is 7. The molecule has 0 saturated carbocycles. The van der Waals surface area contributed by atoms with Crippen molar-refractivity contribution in [3.05, 3.63) is 71.0 Å². The van der Waals surface area contributed by atoms with Crippen molar-refractivity contribution in [3.63, 3.8) is 0 Å². The Hall–Kier alpha value is -2.77. The molecule has 5 rings (SSSR count). The van der Waals surface area contributed by atoms with Crippen molar-refractivity contribution >= 4 is 11.8 Å². The van der Waals surface area contributed by atoms with Gasteiger partial charge in [0.25, 0.3) is 5.91 Å². The number of likely N-dealkylation sites (tertiary alicyclic amines) is 2. The van der Waals surface area contributed by atoms with Gasteiger partial charge in [0.2, 0.25) is 5.91 Å². The molecule has 0 spiro atoms. The highest BCUT2D eigenvalue weighted by Crippen LogP contribution is 2.33. The van der Waals surface area contributed by atoms with E-state index in [0.29, 0.717) is 30.6 Å². The van der Waals surface area contributed by atoms with Crippen molar-refractivity contribution in [1.82, 2.24) is 15.1 Å². The van der Waals surface area contributed by atoms with E-state index in [9.17, 15) is 14.0 Å². The van der Waals surface area contributed by atoms with Gasteiger partial charge >= 0.3 is 0 Å². The summed E-state index contributed by atoms with van der Waals surface area (Å²) < 4.78 is 19.1. The van der Waals surface area contributed by atoms with E-state index in [0.717, 1.165) is 56.7 Å². The van der Waals surface area contributed by atoms with Crippen LogP contribution in [-0.2, 0) is 9.53 Å². The summed E-state index contributed by atoms with van der Waals surface area (Å²) in [7, 11) is 0. The van der Waals surface area contributed by atoms with Gasteiger partial charge in [-0.2, -0.15) is 0 Å². The van der Waals surface area contributed by atoms with Crippen LogP contribution in [0.2, 0.25) is 0 Å². The van der Waals surface area contributed by atoms with Crippen molar-refractivity contribution in [2.24, 2.45) is 17.8 Å². The topological polar surface area (TPSA) is 61.9 Å². The first-order chi connectivity index (χ1) is 17.0. The molecule has 4 atom stereocenters. The van der Waals surface area contributed by atoms with E-state index >= 15 is 0 Å². The molecule has 0 radical (unpaired) electrons. The molecule has 3 saturated heterocycles. The van der Waals surface area contributed by atoms with E-state index < -0.39 is 0 Å². The average molecular weight is 480 g/mol. The number of carbonyl (C=O) groups excluding carboxylic acids is 2. The van der Waals surface area contributed by atoms with Crippen LogP contribution >= 0.6 is 0 Å². The molecule has 0 aromatic heterocycles. The summed E-state index contributed by atoms with van der Waals surface area (Å²) >= 11 is 0. The second kappa shape index (κ2) is 10.5. The van der Waals surface area contributed by atoms with Gasteiger partial charge in [-0.3, -0.25) is 9.59 Å². The lowest BCUT2D eigenvalue weighted by Crippen LogP contribution is -2.37. The molecular formula is C28H34FN3O3. The fourth-order valence-corrected chi connectivity index (χ4v) is 5.78. The van der Waals surface area contributed by atoms with E-state index in [-0.39, 0.29) is 29.6 Å². The average Bonchev–Trinajstić information content (AvgIpc) is 3.60. The van der Waals surface area contributed by atoms with Crippen LogP contribution in [0.15, 0.2) is 48.5 Å². The molecule has 2 aromatic rings. The third-order valence-corrected chi connectivity index (χ3v) is 7.83. The standard InChI is InChI=1S/C28H34FN3O3/c1-19-7-8-24(29)13-25(19)28(34)32-16-22-14-31(15-23(22)17-32)11-9-26(20-5-3-2-4-6-20)30-27(33)21-10-12-35-18-21/h2-8,13,21-23,26H,9-12,14-18H2,1H3,(H,30,33)/t21?,22?,23?,26-/m0/s1.